The van der Waals surface area contributed by atoms with Crippen molar-refractivity contribution in [3.63, 3.8) is 0 Å². The summed E-state index contributed by atoms with van der Waals surface area (Å²) >= 11 is 0. The molecule has 17 heavy (non-hydrogen) atoms. The van der Waals surface area contributed by atoms with E-state index in [4.69, 9.17) is 9.57 Å². The summed E-state index contributed by atoms with van der Waals surface area (Å²) in [6, 6.07) is 6.45. The van der Waals surface area contributed by atoms with Crippen molar-refractivity contribution in [3.05, 3.63) is 24.3 Å². The fourth-order valence-electron chi connectivity index (χ4n) is 1.04. The van der Waals surface area contributed by atoms with E-state index in [-0.39, 0.29) is 18.1 Å². The van der Waals surface area contributed by atoms with Crippen molar-refractivity contribution in [2.75, 3.05) is 13.2 Å². The van der Waals surface area contributed by atoms with Gasteiger partial charge in [-0.3, -0.25) is 9.63 Å². The summed E-state index contributed by atoms with van der Waals surface area (Å²) in [5.41, 5.74) is 2.26. The minimum absolute atomic E-state index is 0.00315. The molecule has 1 rings (SSSR count). The van der Waals surface area contributed by atoms with Crippen LogP contribution < -0.4 is 10.2 Å². The number of aromatic hydroxyl groups is 1. The van der Waals surface area contributed by atoms with Crippen molar-refractivity contribution in [2.24, 2.45) is 5.92 Å². The number of hydrogen-bond donors (Lipinski definition) is 2. The van der Waals surface area contributed by atoms with Crippen molar-refractivity contribution in [3.8, 4) is 11.5 Å². The number of amides is 1. The summed E-state index contributed by atoms with van der Waals surface area (Å²) < 4.78 is 5.11. The van der Waals surface area contributed by atoms with Crippen LogP contribution in [0.15, 0.2) is 24.3 Å². The van der Waals surface area contributed by atoms with Crippen molar-refractivity contribution < 1.29 is 19.5 Å². The Hall–Kier alpha value is -1.75. The first-order valence-corrected chi connectivity index (χ1v) is 5.41. The summed E-state index contributed by atoms with van der Waals surface area (Å²) in [5, 5.41) is 9.38. The van der Waals surface area contributed by atoms with Gasteiger partial charge in [-0.1, -0.05) is 26.0 Å². The Morgan fingerprint density at radius 3 is 2.76 bits per heavy atom. The number of phenols is 1. The third-order valence-electron chi connectivity index (χ3n) is 1.83. The van der Waals surface area contributed by atoms with Crippen LogP contribution in [0.4, 0.5) is 0 Å². The minimum Gasteiger partial charge on any atom is -0.504 e. The molecule has 0 bridgehead atoms. The Morgan fingerprint density at radius 1 is 1.41 bits per heavy atom. The third kappa shape index (κ3) is 5.21. The Morgan fingerprint density at radius 2 is 2.12 bits per heavy atom. The second-order valence-corrected chi connectivity index (χ2v) is 3.99. The fourth-order valence-corrected chi connectivity index (χ4v) is 1.04. The molecule has 0 unspecified atom stereocenters. The fraction of sp³-hybridized carbons (Fsp3) is 0.417. The monoisotopic (exact) mass is 239 g/mol. The maximum Gasteiger partial charge on any atom is 0.281 e. The molecule has 0 aromatic heterocycles. The highest BCUT2D eigenvalue weighted by Gasteiger charge is 2.05. The summed E-state index contributed by atoms with van der Waals surface area (Å²) in [6.07, 6.45) is 0. The molecule has 1 aromatic rings. The highest BCUT2D eigenvalue weighted by Crippen LogP contribution is 2.23. The molecule has 0 aliphatic carbocycles. The van der Waals surface area contributed by atoms with Gasteiger partial charge in [0.15, 0.2) is 18.1 Å². The number of ether oxygens (including phenoxy) is 1. The lowest BCUT2D eigenvalue weighted by molar-refractivity contribution is -0.136. The van der Waals surface area contributed by atoms with Crippen LogP contribution in [0.3, 0.4) is 0 Å². The van der Waals surface area contributed by atoms with Crippen molar-refractivity contribution in [1.82, 2.24) is 5.48 Å². The molecule has 0 fully saturated rings. The molecule has 1 aromatic carbocycles. The molecule has 5 heteroatoms. The van der Waals surface area contributed by atoms with E-state index in [0.29, 0.717) is 12.5 Å². The highest BCUT2D eigenvalue weighted by atomic mass is 16.7. The molecule has 1 amide bonds. The number of para-hydroxylation sites is 2. The van der Waals surface area contributed by atoms with E-state index in [1.165, 1.54) is 6.07 Å². The van der Waals surface area contributed by atoms with Crippen LogP contribution in [0.25, 0.3) is 0 Å². The Kier molecular flexibility index (Phi) is 5.29. The number of phenolic OH excluding ortho intramolecular Hbond substituents is 1. The topological polar surface area (TPSA) is 67.8 Å². The summed E-state index contributed by atoms with van der Waals surface area (Å²) in [5.74, 6) is 0.221. The predicted octanol–water partition coefficient (Wildman–Crippen LogP) is 1.47. The molecule has 0 saturated carbocycles. The van der Waals surface area contributed by atoms with Crippen molar-refractivity contribution in [1.29, 1.82) is 0 Å². The van der Waals surface area contributed by atoms with E-state index in [0.717, 1.165) is 0 Å². The molecule has 0 atom stereocenters. The van der Waals surface area contributed by atoms with Gasteiger partial charge in [0.2, 0.25) is 0 Å². The number of nitrogens with one attached hydrogen (secondary N) is 1. The Bertz CT molecular complexity index is 365. The third-order valence-corrected chi connectivity index (χ3v) is 1.83. The number of rotatable bonds is 6. The zero-order chi connectivity index (χ0) is 12.7. The van der Waals surface area contributed by atoms with Crippen molar-refractivity contribution >= 4 is 5.91 Å². The lowest BCUT2D eigenvalue weighted by atomic mass is 10.2. The van der Waals surface area contributed by atoms with Gasteiger partial charge in [0, 0.05) is 0 Å². The van der Waals surface area contributed by atoms with E-state index in [9.17, 15) is 9.90 Å². The largest absolute Gasteiger partial charge is 0.504 e. The zero-order valence-electron chi connectivity index (χ0n) is 9.97. The van der Waals surface area contributed by atoms with Gasteiger partial charge in [0.1, 0.15) is 0 Å². The normalized spacial score (nSPS) is 10.3. The molecule has 5 nitrogen and oxygen atoms in total. The van der Waals surface area contributed by atoms with Crippen molar-refractivity contribution in [2.45, 2.75) is 13.8 Å². The maximum absolute atomic E-state index is 11.3. The number of carbonyl (C=O) groups is 1. The summed E-state index contributed by atoms with van der Waals surface area (Å²) in [7, 11) is 0. The van der Waals surface area contributed by atoms with Crippen LogP contribution in [0.5, 0.6) is 11.5 Å². The van der Waals surface area contributed by atoms with Crippen LogP contribution in [0, 0.1) is 5.92 Å². The van der Waals surface area contributed by atoms with Gasteiger partial charge in [-0.2, -0.15) is 0 Å². The molecule has 0 radical (unpaired) electrons. The first-order chi connectivity index (χ1) is 8.09. The van der Waals surface area contributed by atoms with Gasteiger partial charge < -0.3 is 9.84 Å². The standard InChI is InChI=1S/C12H17NO4/c1-9(2)7-17-13-12(15)8-16-11-6-4-3-5-10(11)14/h3-6,9,14H,7-8H2,1-2H3,(H,13,15). The van der Waals surface area contributed by atoms with Crippen LogP contribution in [0.2, 0.25) is 0 Å². The molecular formula is C12H17NO4. The quantitative estimate of drug-likeness (QED) is 0.738. The zero-order valence-corrected chi connectivity index (χ0v) is 9.97. The average molecular weight is 239 g/mol. The smallest absolute Gasteiger partial charge is 0.281 e. The summed E-state index contributed by atoms with van der Waals surface area (Å²) in [6.45, 7) is 4.20. The maximum atomic E-state index is 11.3. The van der Waals surface area contributed by atoms with E-state index in [2.05, 4.69) is 5.48 Å². The first kappa shape index (κ1) is 13.3. The number of benzene rings is 1. The molecule has 2 N–H and O–H groups in total. The second kappa shape index (κ2) is 6.75. The number of hydroxylamine groups is 1. The molecule has 0 aliphatic heterocycles. The molecule has 94 valence electrons. The number of hydrogen-bond acceptors (Lipinski definition) is 4. The van der Waals surface area contributed by atoms with E-state index in [1.807, 2.05) is 13.8 Å². The average Bonchev–Trinajstić information content (AvgIpc) is 2.27. The predicted molar refractivity (Wildman–Crippen MR) is 62.5 cm³/mol. The number of carbonyl (C=O) groups excluding carboxylic acids is 1. The molecular weight excluding hydrogens is 222 g/mol. The molecule has 0 spiro atoms. The van der Waals surface area contributed by atoms with Crippen LogP contribution in [-0.4, -0.2) is 24.2 Å². The SMILES string of the molecule is CC(C)CONC(=O)COc1ccccc1O. The van der Waals surface area contributed by atoms with Crippen LogP contribution in [-0.2, 0) is 9.63 Å². The van der Waals surface area contributed by atoms with Gasteiger partial charge in [0.25, 0.3) is 5.91 Å². The van der Waals surface area contributed by atoms with Gasteiger partial charge in [-0.15, -0.1) is 0 Å². The highest BCUT2D eigenvalue weighted by molar-refractivity contribution is 5.76. The van der Waals surface area contributed by atoms with E-state index >= 15 is 0 Å². The van der Waals surface area contributed by atoms with E-state index < -0.39 is 5.91 Å². The van der Waals surface area contributed by atoms with Crippen LogP contribution in [0.1, 0.15) is 13.8 Å². The Balaban J connectivity index is 2.26. The van der Waals surface area contributed by atoms with Crippen LogP contribution >= 0.6 is 0 Å². The molecule has 0 saturated heterocycles. The van der Waals surface area contributed by atoms with Gasteiger partial charge in [-0.05, 0) is 18.1 Å². The Labute approximate surface area is 100 Å². The van der Waals surface area contributed by atoms with E-state index in [1.54, 1.807) is 18.2 Å². The minimum atomic E-state index is -0.395. The lowest BCUT2D eigenvalue weighted by Crippen LogP contribution is -2.30. The second-order valence-electron chi connectivity index (χ2n) is 3.99. The summed E-state index contributed by atoms with van der Waals surface area (Å²) in [4.78, 5) is 16.2. The van der Waals surface area contributed by atoms with Gasteiger partial charge >= 0.3 is 0 Å². The molecule has 0 aliphatic rings. The molecule has 0 heterocycles. The van der Waals surface area contributed by atoms with Gasteiger partial charge in [0.05, 0.1) is 6.61 Å². The first-order valence-electron chi connectivity index (χ1n) is 5.41. The van der Waals surface area contributed by atoms with Gasteiger partial charge in [-0.25, -0.2) is 5.48 Å². The lowest BCUT2D eigenvalue weighted by Gasteiger charge is -2.09.